The summed E-state index contributed by atoms with van der Waals surface area (Å²) in [7, 11) is 3.64. The van der Waals surface area contributed by atoms with Gasteiger partial charge < -0.3 is 36.2 Å². The average Bonchev–Trinajstić information content (AvgIpc) is 3.32. The molecule has 0 atom stereocenters. The molecule has 0 spiro atoms. The van der Waals surface area contributed by atoms with Crippen molar-refractivity contribution in [1.29, 1.82) is 0 Å². The summed E-state index contributed by atoms with van der Waals surface area (Å²) in [6.45, 7) is 5.81. The van der Waals surface area contributed by atoms with Gasteiger partial charge >= 0.3 is 12.6 Å². The Labute approximate surface area is 247 Å². The summed E-state index contributed by atoms with van der Waals surface area (Å²) >= 11 is 5.85. The highest BCUT2D eigenvalue weighted by molar-refractivity contribution is 6.29. The van der Waals surface area contributed by atoms with Gasteiger partial charge in [0.1, 0.15) is 22.4 Å². The van der Waals surface area contributed by atoms with Gasteiger partial charge in [0, 0.05) is 63.2 Å². The van der Waals surface area contributed by atoms with E-state index in [0.717, 1.165) is 13.1 Å². The molecule has 5 heterocycles. The highest BCUT2D eigenvalue weighted by atomic mass is 35.5. The number of likely N-dealkylation sites (N-methyl/N-ethyl adjacent to an activating group) is 2. The van der Waals surface area contributed by atoms with Crippen LogP contribution in [0.2, 0.25) is 5.15 Å². The van der Waals surface area contributed by atoms with Gasteiger partial charge in [0.25, 0.3) is 0 Å². The number of carbonyl (C=O) groups excluding carboxylic acids is 1. The third-order valence-corrected chi connectivity index (χ3v) is 6.75. The monoisotopic (exact) mass is 608 g/mol. The molecule has 0 aliphatic carbocycles. The Hall–Kier alpha value is -4.05. The van der Waals surface area contributed by atoms with E-state index in [1.54, 1.807) is 24.1 Å². The molecule has 0 unspecified atom stereocenters. The maximum Gasteiger partial charge on any atom is 0.410 e. The topological polar surface area (TPSA) is 169 Å². The van der Waals surface area contributed by atoms with Crippen LogP contribution >= 0.6 is 11.6 Å². The predicted octanol–water partition coefficient (Wildman–Crippen LogP) is 2.49. The lowest BCUT2D eigenvalue weighted by atomic mass is 10.1. The highest BCUT2D eigenvalue weighted by Crippen LogP contribution is 2.27. The molecule has 14 nitrogen and oxygen atoms in total. The number of carbonyl (C=O) groups is 1. The van der Waals surface area contributed by atoms with Gasteiger partial charge in [-0.25, -0.2) is 19.4 Å². The third kappa shape index (κ3) is 7.61. The summed E-state index contributed by atoms with van der Waals surface area (Å²) in [4.78, 5) is 33.8. The van der Waals surface area contributed by atoms with Crippen molar-refractivity contribution in [2.45, 2.75) is 45.0 Å². The number of halogens is 3. The Balaban J connectivity index is 0.000000193. The molecule has 2 aliphatic heterocycles. The average molecular weight is 609 g/mol. The lowest BCUT2D eigenvalue weighted by molar-refractivity contribution is 0.0196. The second-order valence-corrected chi connectivity index (χ2v) is 11.3. The lowest BCUT2D eigenvalue weighted by Crippen LogP contribution is -2.60. The first-order chi connectivity index (χ1) is 19.7. The molecule has 3 aromatic heterocycles. The summed E-state index contributed by atoms with van der Waals surface area (Å²) in [6.07, 6.45) is 2.25. The van der Waals surface area contributed by atoms with Crippen LogP contribution in [0, 0.1) is 0 Å². The largest absolute Gasteiger partial charge is 0.444 e. The van der Waals surface area contributed by atoms with Crippen molar-refractivity contribution in [1.82, 2.24) is 39.9 Å². The molecular weight excluding hydrogens is 574 g/mol. The molecule has 3 aromatic rings. The second kappa shape index (κ2) is 12.4. The molecule has 5 rings (SSSR count). The molecular formula is C25H35ClF2N12O2. The summed E-state index contributed by atoms with van der Waals surface area (Å²) < 4.78 is 31.0. The van der Waals surface area contributed by atoms with Gasteiger partial charge in [-0.1, -0.05) is 11.6 Å². The minimum atomic E-state index is -2.68. The van der Waals surface area contributed by atoms with Gasteiger partial charge in [-0.3, -0.25) is 0 Å². The van der Waals surface area contributed by atoms with Crippen molar-refractivity contribution in [3.05, 3.63) is 29.7 Å². The number of aromatic nitrogens is 6. The molecule has 0 aromatic carbocycles. The maximum absolute atomic E-state index is 12.6. The van der Waals surface area contributed by atoms with Gasteiger partial charge in [-0.15, -0.1) is 0 Å². The number of nitrogens with one attached hydrogen (secondary N) is 1. The van der Waals surface area contributed by atoms with Crippen LogP contribution in [0.1, 0.15) is 27.3 Å². The van der Waals surface area contributed by atoms with Crippen LogP contribution < -0.4 is 26.6 Å². The number of hydrogen-bond acceptors (Lipinski definition) is 12. The Bertz CT molecular complexity index is 1370. The summed E-state index contributed by atoms with van der Waals surface area (Å²) in [5, 5.41) is 7.07. The van der Waals surface area contributed by atoms with Crippen molar-refractivity contribution in [3.63, 3.8) is 0 Å². The van der Waals surface area contributed by atoms with Gasteiger partial charge in [0.2, 0.25) is 11.9 Å². The molecule has 0 saturated carbocycles. The summed E-state index contributed by atoms with van der Waals surface area (Å²) in [5.41, 5.74) is 11.7. The number of nitrogens with zero attached hydrogens (tertiary/aromatic N) is 9. The number of nitrogens with two attached hydrogens (primary N) is 2. The van der Waals surface area contributed by atoms with Gasteiger partial charge in [0.15, 0.2) is 0 Å². The van der Waals surface area contributed by atoms with E-state index in [9.17, 15) is 13.6 Å². The fraction of sp³-hybridized carbons (Fsp3) is 0.520. The number of nitrogen functional groups attached to an aromatic ring is 2. The van der Waals surface area contributed by atoms with Crippen LogP contribution in [0.5, 0.6) is 0 Å². The Morgan fingerprint density at radius 1 is 1.07 bits per heavy atom. The minimum absolute atomic E-state index is 0.0785. The first-order valence-electron chi connectivity index (χ1n) is 13.1. The molecule has 0 bridgehead atoms. The minimum Gasteiger partial charge on any atom is -0.444 e. The molecule has 1 amide bonds. The Kier molecular flexibility index (Phi) is 9.15. The van der Waals surface area contributed by atoms with Crippen molar-refractivity contribution in [3.8, 4) is 11.3 Å². The number of rotatable bonds is 6. The van der Waals surface area contributed by atoms with Crippen LogP contribution in [0.4, 0.5) is 37.1 Å². The Morgan fingerprint density at radius 2 is 1.67 bits per heavy atom. The number of ether oxygens (including phenoxy) is 1. The normalized spacial score (nSPS) is 15.5. The van der Waals surface area contributed by atoms with Crippen LogP contribution in [-0.2, 0) is 4.74 Å². The van der Waals surface area contributed by atoms with E-state index >= 15 is 0 Å². The zero-order valence-corrected chi connectivity index (χ0v) is 24.8. The van der Waals surface area contributed by atoms with E-state index < -0.39 is 12.2 Å². The molecule has 17 heteroatoms. The van der Waals surface area contributed by atoms with Crippen molar-refractivity contribution in [2.24, 2.45) is 0 Å². The van der Waals surface area contributed by atoms with Crippen LogP contribution in [0.3, 0.4) is 0 Å². The van der Waals surface area contributed by atoms with E-state index in [1.165, 1.54) is 12.4 Å². The summed E-state index contributed by atoms with van der Waals surface area (Å²) in [6, 6.07) is 3.89. The molecule has 5 N–H and O–H groups in total. The molecule has 0 radical (unpaired) electrons. The summed E-state index contributed by atoms with van der Waals surface area (Å²) in [5.74, 6) is 1.61. The second-order valence-electron chi connectivity index (χ2n) is 10.9. The van der Waals surface area contributed by atoms with Crippen molar-refractivity contribution >= 4 is 41.2 Å². The van der Waals surface area contributed by atoms with Gasteiger partial charge in [-0.05, 0) is 27.8 Å². The fourth-order valence-corrected chi connectivity index (χ4v) is 4.33. The van der Waals surface area contributed by atoms with Crippen LogP contribution in [0.15, 0.2) is 24.5 Å². The standard InChI is InChI=1S/C13H20ClN5O2.C12H15F2N7/c1-13(2,3)21-12(20)18(4)8-6-19(7-8)10-5-9(14)16-11(15)17-10;1-16-8-5-20(6-8)10-2-9(18-12(15)19-10)7-3-17-21(4-7)11(13)14/h5,8H,6-7H2,1-4H3,(H2,15,16,17);2-4,8,11,16H,5-6H2,1H3,(H2,15,18,19). The van der Waals surface area contributed by atoms with Crippen molar-refractivity contribution < 1.29 is 18.3 Å². The molecule has 2 fully saturated rings. The maximum atomic E-state index is 12.6. The van der Waals surface area contributed by atoms with Gasteiger partial charge in [0.05, 0.1) is 17.9 Å². The number of alkyl halides is 2. The zero-order valence-electron chi connectivity index (χ0n) is 24.0. The molecule has 42 heavy (non-hydrogen) atoms. The van der Waals surface area contributed by atoms with E-state index in [2.05, 4.69) is 30.4 Å². The SMILES string of the molecule is CN(C(=O)OC(C)(C)C)C1CN(c2cc(Cl)nc(N)n2)C1.CNC1CN(c2cc(-c3cnn(C(F)F)c3)nc(N)n2)C1. The van der Waals surface area contributed by atoms with E-state index in [1.807, 2.05) is 37.6 Å². The molecule has 228 valence electrons. The zero-order chi connectivity index (χ0) is 30.8. The molecule has 2 saturated heterocycles. The third-order valence-electron chi connectivity index (χ3n) is 6.56. The Morgan fingerprint density at radius 3 is 2.21 bits per heavy atom. The first kappa shape index (κ1) is 30.9. The fourth-order valence-electron chi connectivity index (χ4n) is 4.14. The van der Waals surface area contributed by atoms with E-state index in [-0.39, 0.29) is 24.0 Å². The smallest absolute Gasteiger partial charge is 0.410 e. The van der Waals surface area contributed by atoms with Gasteiger partial charge in [-0.2, -0.15) is 23.8 Å². The highest BCUT2D eigenvalue weighted by Gasteiger charge is 2.35. The first-order valence-corrected chi connectivity index (χ1v) is 13.5. The lowest BCUT2D eigenvalue weighted by Gasteiger charge is -2.44. The number of hydrogen-bond donors (Lipinski definition) is 3. The van der Waals surface area contributed by atoms with E-state index in [4.69, 9.17) is 27.8 Å². The van der Waals surface area contributed by atoms with Crippen LogP contribution in [-0.4, -0.2) is 98.7 Å². The van der Waals surface area contributed by atoms with Crippen LogP contribution in [0.25, 0.3) is 11.3 Å². The van der Waals surface area contributed by atoms with E-state index in [0.29, 0.717) is 51.9 Å². The van der Waals surface area contributed by atoms with Crippen molar-refractivity contribution in [2.75, 3.05) is 61.5 Å². The number of amides is 1. The quantitative estimate of drug-likeness (QED) is 0.350. The molecule has 2 aliphatic rings. The number of anilines is 4. The predicted molar refractivity (Wildman–Crippen MR) is 155 cm³/mol.